The van der Waals surface area contributed by atoms with E-state index in [0.717, 1.165) is 27.4 Å². The van der Waals surface area contributed by atoms with Crippen LogP contribution >= 0.6 is 11.3 Å². The molecule has 0 spiro atoms. The molecule has 9 heteroatoms. The van der Waals surface area contributed by atoms with Crippen molar-refractivity contribution >= 4 is 37.5 Å². The number of halogens is 1. The van der Waals surface area contributed by atoms with Crippen molar-refractivity contribution in [2.75, 3.05) is 20.1 Å². The van der Waals surface area contributed by atoms with Gasteiger partial charge in [0, 0.05) is 20.1 Å². The fraction of sp³-hybridized carbons (Fsp3) is 0.333. The van der Waals surface area contributed by atoms with Gasteiger partial charge in [-0.25, -0.2) is 17.8 Å². The van der Waals surface area contributed by atoms with Gasteiger partial charge >= 0.3 is 0 Å². The Morgan fingerprint density at radius 3 is 2.70 bits per heavy atom. The van der Waals surface area contributed by atoms with Gasteiger partial charge < -0.3 is 4.90 Å². The largest absolute Gasteiger partial charge is 0.339 e. The van der Waals surface area contributed by atoms with E-state index >= 15 is 0 Å². The molecule has 3 aromatic rings. The van der Waals surface area contributed by atoms with E-state index in [-0.39, 0.29) is 17.3 Å². The summed E-state index contributed by atoms with van der Waals surface area (Å²) in [5.41, 5.74) is 0.910. The topological polar surface area (TPSA) is 70.6 Å². The molecule has 0 bridgehead atoms. The molecule has 2 heterocycles. The Morgan fingerprint density at radius 2 is 1.97 bits per heavy atom. The Morgan fingerprint density at radius 1 is 1.23 bits per heavy atom. The average molecular weight is 448 g/mol. The van der Waals surface area contributed by atoms with Gasteiger partial charge in [-0.1, -0.05) is 12.1 Å². The van der Waals surface area contributed by atoms with E-state index < -0.39 is 21.8 Å². The Kier molecular flexibility index (Phi) is 5.86. The van der Waals surface area contributed by atoms with Gasteiger partial charge in [0.2, 0.25) is 15.9 Å². The second kappa shape index (κ2) is 8.41. The van der Waals surface area contributed by atoms with Crippen molar-refractivity contribution in [3.8, 4) is 0 Å². The second-order valence-electron chi connectivity index (χ2n) is 7.43. The molecule has 0 radical (unpaired) electrons. The van der Waals surface area contributed by atoms with Gasteiger partial charge in [0.05, 0.1) is 27.6 Å². The van der Waals surface area contributed by atoms with Crippen molar-refractivity contribution in [1.29, 1.82) is 0 Å². The lowest BCUT2D eigenvalue weighted by atomic mass is 9.98. The van der Waals surface area contributed by atoms with Crippen LogP contribution in [0.4, 0.5) is 4.39 Å². The monoisotopic (exact) mass is 447 g/mol. The molecule has 0 aliphatic carbocycles. The fourth-order valence-electron chi connectivity index (χ4n) is 3.70. The summed E-state index contributed by atoms with van der Waals surface area (Å²) in [6.45, 7) is 0.868. The van der Waals surface area contributed by atoms with Crippen LogP contribution in [0.25, 0.3) is 10.2 Å². The normalized spacial score (nSPS) is 17.9. The Hall–Kier alpha value is -2.36. The standard InChI is InChI=1S/C21H22FN3O3S2/c1-24(14-20-23-18-6-2-3-7-19(18)29-20)21(26)15-5-4-12-25(13-15)30(27,28)17-10-8-16(22)9-11-17/h2-3,6-11,15H,4-5,12-14H2,1H3. The highest BCUT2D eigenvalue weighted by Crippen LogP contribution is 2.27. The molecule has 1 aliphatic heterocycles. The zero-order chi connectivity index (χ0) is 21.3. The molecule has 4 rings (SSSR count). The third kappa shape index (κ3) is 4.23. The van der Waals surface area contributed by atoms with E-state index in [1.54, 1.807) is 23.3 Å². The molecule has 2 aromatic carbocycles. The number of thiazole rings is 1. The number of piperidine rings is 1. The molecular formula is C21H22FN3O3S2. The molecule has 158 valence electrons. The summed E-state index contributed by atoms with van der Waals surface area (Å²) in [7, 11) is -2.04. The molecule has 1 unspecified atom stereocenters. The quantitative estimate of drug-likeness (QED) is 0.600. The third-order valence-electron chi connectivity index (χ3n) is 5.27. The number of carbonyl (C=O) groups excluding carboxylic acids is 1. The van der Waals surface area contributed by atoms with Crippen molar-refractivity contribution in [1.82, 2.24) is 14.2 Å². The molecule has 6 nitrogen and oxygen atoms in total. The van der Waals surface area contributed by atoms with Crippen molar-refractivity contribution in [3.05, 3.63) is 59.4 Å². The van der Waals surface area contributed by atoms with E-state index in [9.17, 15) is 17.6 Å². The van der Waals surface area contributed by atoms with Crippen LogP contribution in [0.15, 0.2) is 53.4 Å². The van der Waals surface area contributed by atoms with Gasteiger partial charge in [-0.05, 0) is 49.2 Å². The predicted molar refractivity (Wildman–Crippen MR) is 114 cm³/mol. The summed E-state index contributed by atoms with van der Waals surface area (Å²) in [4.78, 5) is 19.2. The summed E-state index contributed by atoms with van der Waals surface area (Å²) in [6, 6.07) is 12.6. The van der Waals surface area contributed by atoms with Gasteiger partial charge in [-0.2, -0.15) is 4.31 Å². The minimum absolute atomic E-state index is 0.0415. The molecule has 1 amide bonds. The van der Waals surface area contributed by atoms with Crippen LogP contribution in [-0.2, 0) is 21.4 Å². The summed E-state index contributed by atoms with van der Waals surface area (Å²) >= 11 is 1.55. The maximum atomic E-state index is 13.2. The number of rotatable bonds is 5. The molecular weight excluding hydrogens is 425 g/mol. The minimum atomic E-state index is -3.76. The third-order valence-corrected chi connectivity index (χ3v) is 8.17. The molecule has 1 atom stereocenters. The Bertz CT molecular complexity index is 1130. The highest BCUT2D eigenvalue weighted by Gasteiger charge is 2.34. The van der Waals surface area contributed by atoms with Crippen LogP contribution in [0, 0.1) is 11.7 Å². The highest BCUT2D eigenvalue weighted by atomic mass is 32.2. The van der Waals surface area contributed by atoms with Crippen molar-refractivity contribution in [2.24, 2.45) is 5.92 Å². The number of benzene rings is 2. The van der Waals surface area contributed by atoms with E-state index in [1.807, 2.05) is 24.3 Å². The number of aromatic nitrogens is 1. The number of nitrogens with zero attached hydrogens (tertiary/aromatic N) is 3. The van der Waals surface area contributed by atoms with E-state index in [0.29, 0.717) is 25.9 Å². The smallest absolute Gasteiger partial charge is 0.243 e. The molecule has 1 aliphatic rings. The number of sulfonamides is 1. The first-order valence-electron chi connectivity index (χ1n) is 9.70. The first-order valence-corrected chi connectivity index (χ1v) is 12.0. The maximum Gasteiger partial charge on any atom is 0.243 e. The lowest BCUT2D eigenvalue weighted by Crippen LogP contribution is -2.45. The number of hydrogen-bond donors (Lipinski definition) is 0. The van der Waals surface area contributed by atoms with Crippen LogP contribution in [-0.4, -0.2) is 48.7 Å². The lowest BCUT2D eigenvalue weighted by Gasteiger charge is -2.33. The van der Waals surface area contributed by atoms with Gasteiger partial charge in [0.15, 0.2) is 0 Å². The maximum absolute atomic E-state index is 13.2. The SMILES string of the molecule is CN(Cc1nc2ccccc2s1)C(=O)C1CCCN(S(=O)(=O)c2ccc(F)cc2)C1. The zero-order valence-electron chi connectivity index (χ0n) is 16.5. The van der Waals surface area contributed by atoms with Crippen LogP contribution < -0.4 is 0 Å². The molecule has 1 saturated heterocycles. The summed E-state index contributed by atoms with van der Waals surface area (Å²) in [5, 5.41) is 0.846. The van der Waals surface area contributed by atoms with E-state index in [4.69, 9.17) is 0 Å². The van der Waals surface area contributed by atoms with Crippen molar-refractivity contribution in [3.63, 3.8) is 0 Å². The van der Waals surface area contributed by atoms with Crippen molar-refractivity contribution < 1.29 is 17.6 Å². The van der Waals surface area contributed by atoms with Gasteiger partial charge in [0.25, 0.3) is 0 Å². The van der Waals surface area contributed by atoms with Gasteiger partial charge in [-0.15, -0.1) is 11.3 Å². The van der Waals surface area contributed by atoms with E-state index in [2.05, 4.69) is 4.98 Å². The fourth-order valence-corrected chi connectivity index (χ4v) is 6.24. The molecule has 30 heavy (non-hydrogen) atoms. The molecule has 1 fully saturated rings. The number of amides is 1. The number of para-hydroxylation sites is 1. The van der Waals surface area contributed by atoms with Crippen LogP contribution in [0.5, 0.6) is 0 Å². The highest BCUT2D eigenvalue weighted by molar-refractivity contribution is 7.89. The molecule has 0 N–H and O–H groups in total. The second-order valence-corrected chi connectivity index (χ2v) is 10.5. The number of fused-ring (bicyclic) bond motifs is 1. The first kappa shape index (κ1) is 20.9. The first-order chi connectivity index (χ1) is 14.3. The zero-order valence-corrected chi connectivity index (χ0v) is 18.1. The van der Waals surface area contributed by atoms with Crippen LogP contribution in [0.1, 0.15) is 17.8 Å². The summed E-state index contributed by atoms with van der Waals surface area (Å²) in [6.07, 6.45) is 1.24. The van der Waals surface area contributed by atoms with E-state index in [1.165, 1.54) is 16.4 Å². The van der Waals surface area contributed by atoms with Crippen molar-refractivity contribution in [2.45, 2.75) is 24.3 Å². The average Bonchev–Trinajstić information content (AvgIpc) is 3.16. The molecule has 0 saturated carbocycles. The number of hydrogen-bond acceptors (Lipinski definition) is 5. The minimum Gasteiger partial charge on any atom is -0.339 e. The molecule has 1 aromatic heterocycles. The number of carbonyl (C=O) groups is 1. The Labute approximate surface area is 179 Å². The predicted octanol–water partition coefficient (Wildman–Crippen LogP) is 3.49. The Balaban J connectivity index is 1.45. The van der Waals surface area contributed by atoms with Gasteiger partial charge in [0.1, 0.15) is 10.8 Å². The van der Waals surface area contributed by atoms with Gasteiger partial charge in [-0.3, -0.25) is 4.79 Å². The van der Waals surface area contributed by atoms with Crippen LogP contribution in [0.3, 0.4) is 0 Å². The van der Waals surface area contributed by atoms with Crippen LogP contribution in [0.2, 0.25) is 0 Å². The lowest BCUT2D eigenvalue weighted by molar-refractivity contribution is -0.135. The summed E-state index contributed by atoms with van der Waals surface area (Å²) < 4.78 is 41.4. The summed E-state index contributed by atoms with van der Waals surface area (Å²) in [5.74, 6) is -0.987.